The van der Waals surface area contributed by atoms with Gasteiger partial charge in [0.2, 0.25) is 17.7 Å². The van der Waals surface area contributed by atoms with Gasteiger partial charge < -0.3 is 37.2 Å². The number of hydrogen-bond acceptors (Lipinski definition) is 7. The van der Waals surface area contributed by atoms with E-state index in [9.17, 15) is 29.4 Å². The fourth-order valence-electron chi connectivity index (χ4n) is 3.53. The number of aliphatic hydroxyl groups excluding tert-OH is 1. The summed E-state index contributed by atoms with van der Waals surface area (Å²) in [7, 11) is 0. The van der Waals surface area contributed by atoms with E-state index in [1.807, 2.05) is 0 Å². The van der Waals surface area contributed by atoms with Crippen LogP contribution in [-0.4, -0.2) is 77.3 Å². The number of hydrogen-bond donors (Lipinski definition) is 7. The van der Waals surface area contributed by atoms with Crippen LogP contribution in [0, 0.1) is 5.92 Å². The van der Waals surface area contributed by atoms with E-state index < -0.39 is 42.0 Å². The second-order valence-corrected chi connectivity index (χ2v) is 8.43. The van der Waals surface area contributed by atoms with Crippen LogP contribution in [0.1, 0.15) is 59.3 Å². The van der Waals surface area contributed by atoms with E-state index in [0.29, 0.717) is 38.6 Å². The lowest BCUT2D eigenvalue weighted by Crippen LogP contribution is -2.60. The monoisotopic (exact) mass is 457 g/mol. The van der Waals surface area contributed by atoms with E-state index in [1.54, 1.807) is 13.8 Å². The molecule has 1 fully saturated rings. The van der Waals surface area contributed by atoms with Gasteiger partial charge in [-0.25, -0.2) is 4.79 Å². The Morgan fingerprint density at radius 1 is 1.06 bits per heavy atom. The maximum Gasteiger partial charge on any atom is 0.326 e. The topological polar surface area (TPSA) is 183 Å². The van der Waals surface area contributed by atoms with E-state index in [2.05, 4.69) is 21.3 Å². The second kappa shape index (κ2) is 14.0. The fourth-order valence-corrected chi connectivity index (χ4v) is 3.53. The molecule has 6 unspecified atom stereocenters. The smallest absolute Gasteiger partial charge is 0.326 e. The van der Waals surface area contributed by atoms with Crippen molar-refractivity contribution in [2.45, 2.75) is 89.6 Å². The molecule has 11 heteroatoms. The molecule has 1 aliphatic rings. The minimum atomic E-state index is -1.37. The largest absolute Gasteiger partial charge is 0.480 e. The third kappa shape index (κ3) is 8.71. The predicted octanol–water partition coefficient (Wildman–Crippen LogP) is -1.17. The maximum atomic E-state index is 12.9. The molecule has 0 spiro atoms. The molecule has 1 aliphatic heterocycles. The summed E-state index contributed by atoms with van der Waals surface area (Å²) in [6, 6.07) is -3.80. The van der Waals surface area contributed by atoms with E-state index in [0.717, 1.165) is 13.0 Å². The number of aliphatic hydroxyl groups is 1. The third-order valence-corrected chi connectivity index (χ3v) is 5.80. The number of nitrogens with two attached hydrogens (primary N) is 1. The molecule has 6 atom stereocenters. The summed E-state index contributed by atoms with van der Waals surface area (Å²) >= 11 is 0. The molecule has 0 aromatic rings. The van der Waals surface area contributed by atoms with Gasteiger partial charge in [-0.3, -0.25) is 14.4 Å². The molecule has 1 rings (SSSR count). The van der Waals surface area contributed by atoms with Gasteiger partial charge in [0, 0.05) is 0 Å². The molecule has 0 aromatic carbocycles. The molecular formula is C21H39N5O6. The molecule has 11 nitrogen and oxygen atoms in total. The zero-order valence-corrected chi connectivity index (χ0v) is 19.2. The zero-order valence-electron chi connectivity index (χ0n) is 19.2. The summed E-state index contributed by atoms with van der Waals surface area (Å²) in [5.41, 5.74) is 5.53. The standard InChI is InChI=1S/C21H39N5O6/c1-4-12(2)16(21(31)32)25-20(30)17(13(3)27)26-19(29)15(8-5-6-10-22)24-18(28)14-9-7-11-23-14/h12-17,23,27H,4-11,22H2,1-3H3,(H,24,28)(H,25,30)(H,26,29)(H,31,32). The lowest BCUT2D eigenvalue weighted by molar-refractivity contribution is -0.144. The maximum absolute atomic E-state index is 12.9. The number of aliphatic carboxylic acids is 1. The highest BCUT2D eigenvalue weighted by molar-refractivity contribution is 5.94. The van der Waals surface area contributed by atoms with Gasteiger partial charge >= 0.3 is 5.97 Å². The van der Waals surface area contributed by atoms with Gasteiger partial charge in [0.15, 0.2) is 0 Å². The number of unbranched alkanes of at least 4 members (excludes halogenated alkanes) is 1. The number of carboxylic acid groups (broad SMARTS) is 1. The molecule has 1 heterocycles. The molecule has 1 saturated heterocycles. The van der Waals surface area contributed by atoms with Gasteiger partial charge in [0.1, 0.15) is 18.1 Å². The van der Waals surface area contributed by atoms with Crippen LogP contribution in [0.2, 0.25) is 0 Å². The number of carbonyl (C=O) groups is 4. The van der Waals surface area contributed by atoms with E-state index in [1.165, 1.54) is 6.92 Å². The fraction of sp³-hybridized carbons (Fsp3) is 0.810. The summed E-state index contributed by atoms with van der Waals surface area (Å²) in [4.78, 5) is 49.7. The summed E-state index contributed by atoms with van der Waals surface area (Å²) in [5, 5.41) is 30.2. The van der Waals surface area contributed by atoms with Crippen molar-refractivity contribution in [3.05, 3.63) is 0 Å². The molecule has 32 heavy (non-hydrogen) atoms. The van der Waals surface area contributed by atoms with Crippen LogP contribution in [0.25, 0.3) is 0 Å². The van der Waals surface area contributed by atoms with Gasteiger partial charge in [0.25, 0.3) is 0 Å². The lowest BCUT2D eigenvalue weighted by atomic mass is 9.98. The second-order valence-electron chi connectivity index (χ2n) is 8.43. The third-order valence-electron chi connectivity index (χ3n) is 5.80. The summed E-state index contributed by atoms with van der Waals surface area (Å²) in [6.45, 7) is 5.99. The van der Waals surface area contributed by atoms with Crippen LogP contribution in [0.15, 0.2) is 0 Å². The summed E-state index contributed by atoms with van der Waals surface area (Å²) in [5.74, 6) is -3.25. The Labute approximate surface area is 189 Å². The van der Waals surface area contributed by atoms with E-state index >= 15 is 0 Å². The molecule has 0 aromatic heterocycles. The summed E-state index contributed by atoms with van der Waals surface area (Å²) in [6.07, 6.45) is 2.36. The van der Waals surface area contributed by atoms with Crippen molar-refractivity contribution in [1.82, 2.24) is 21.3 Å². The van der Waals surface area contributed by atoms with Crippen molar-refractivity contribution in [2.75, 3.05) is 13.1 Å². The molecule has 0 saturated carbocycles. The van der Waals surface area contributed by atoms with Gasteiger partial charge in [-0.1, -0.05) is 20.3 Å². The number of amides is 3. The first-order valence-corrected chi connectivity index (χ1v) is 11.4. The number of rotatable bonds is 14. The molecule has 0 aliphatic carbocycles. The van der Waals surface area contributed by atoms with Crippen molar-refractivity contribution >= 4 is 23.7 Å². The Morgan fingerprint density at radius 2 is 1.72 bits per heavy atom. The average molecular weight is 458 g/mol. The van der Waals surface area contributed by atoms with Crippen molar-refractivity contribution in [1.29, 1.82) is 0 Å². The van der Waals surface area contributed by atoms with Crippen LogP contribution < -0.4 is 27.0 Å². The highest BCUT2D eigenvalue weighted by Gasteiger charge is 2.34. The minimum absolute atomic E-state index is 0.295. The Morgan fingerprint density at radius 3 is 2.22 bits per heavy atom. The van der Waals surface area contributed by atoms with Gasteiger partial charge in [-0.15, -0.1) is 0 Å². The Balaban J connectivity index is 2.89. The first kappa shape index (κ1) is 27.8. The minimum Gasteiger partial charge on any atom is -0.480 e. The van der Waals surface area contributed by atoms with Crippen LogP contribution in [0.3, 0.4) is 0 Å². The number of carboxylic acids is 1. The predicted molar refractivity (Wildman–Crippen MR) is 118 cm³/mol. The van der Waals surface area contributed by atoms with Crippen molar-refractivity contribution in [2.24, 2.45) is 11.7 Å². The van der Waals surface area contributed by atoms with E-state index in [-0.39, 0.29) is 17.9 Å². The molecule has 184 valence electrons. The zero-order chi connectivity index (χ0) is 24.3. The first-order valence-electron chi connectivity index (χ1n) is 11.4. The van der Waals surface area contributed by atoms with Gasteiger partial charge in [-0.2, -0.15) is 0 Å². The first-order chi connectivity index (χ1) is 15.1. The Hall–Kier alpha value is -2.24. The molecule has 0 bridgehead atoms. The van der Waals surface area contributed by atoms with Gasteiger partial charge in [-0.05, 0) is 58.0 Å². The van der Waals surface area contributed by atoms with E-state index in [4.69, 9.17) is 5.73 Å². The highest BCUT2D eigenvalue weighted by atomic mass is 16.4. The van der Waals surface area contributed by atoms with Crippen LogP contribution in [0.4, 0.5) is 0 Å². The molecular weight excluding hydrogens is 418 g/mol. The van der Waals surface area contributed by atoms with Crippen LogP contribution in [-0.2, 0) is 19.2 Å². The Kier molecular flexibility index (Phi) is 12.2. The lowest BCUT2D eigenvalue weighted by Gasteiger charge is -2.27. The molecule has 3 amide bonds. The normalized spacial score (nSPS) is 20.5. The van der Waals surface area contributed by atoms with Crippen LogP contribution >= 0.6 is 0 Å². The molecule has 0 radical (unpaired) electrons. The van der Waals surface area contributed by atoms with Crippen molar-refractivity contribution in [3.8, 4) is 0 Å². The van der Waals surface area contributed by atoms with Gasteiger partial charge in [0.05, 0.1) is 12.1 Å². The van der Waals surface area contributed by atoms with Crippen molar-refractivity contribution < 1.29 is 29.4 Å². The quantitative estimate of drug-likeness (QED) is 0.159. The van der Waals surface area contributed by atoms with Crippen molar-refractivity contribution in [3.63, 3.8) is 0 Å². The number of nitrogens with one attached hydrogen (secondary N) is 4. The Bertz CT molecular complexity index is 638. The average Bonchev–Trinajstić information content (AvgIpc) is 3.28. The van der Waals surface area contributed by atoms with Crippen LogP contribution in [0.5, 0.6) is 0 Å². The SMILES string of the molecule is CCC(C)C(NC(=O)C(NC(=O)C(CCCCN)NC(=O)C1CCCN1)C(C)O)C(=O)O. The molecule has 8 N–H and O–H groups in total. The highest BCUT2D eigenvalue weighted by Crippen LogP contribution is 2.10. The summed E-state index contributed by atoms with van der Waals surface area (Å²) < 4.78 is 0. The number of carbonyl (C=O) groups excluding carboxylic acids is 3.